The molecule has 6 nitrogen and oxygen atoms in total. The molecule has 0 fully saturated rings. The van der Waals surface area contributed by atoms with E-state index >= 15 is 0 Å². The number of hydrogen-bond donors (Lipinski definition) is 2. The maximum absolute atomic E-state index is 12.2. The van der Waals surface area contributed by atoms with Gasteiger partial charge in [0.25, 0.3) is 0 Å². The van der Waals surface area contributed by atoms with Gasteiger partial charge in [-0.25, -0.2) is 13.6 Å². The molecule has 0 heterocycles. The zero-order chi connectivity index (χ0) is 18.6. The van der Waals surface area contributed by atoms with Crippen molar-refractivity contribution >= 4 is 21.6 Å². The van der Waals surface area contributed by atoms with Crippen LogP contribution in [0.5, 0.6) is 5.75 Å². The number of hydrogen-bond acceptors (Lipinski definition) is 4. The number of nitrogens with two attached hydrogens (primary N) is 1. The molecule has 0 aliphatic heterocycles. The summed E-state index contributed by atoms with van der Waals surface area (Å²) in [5.41, 5.74) is 3.04. The highest BCUT2D eigenvalue weighted by molar-refractivity contribution is 7.89. The van der Waals surface area contributed by atoms with Crippen LogP contribution in [-0.4, -0.2) is 21.4 Å². The number of benzene rings is 2. The quantitative estimate of drug-likeness (QED) is 0.825. The first-order valence-electron chi connectivity index (χ1n) is 7.77. The first-order chi connectivity index (χ1) is 11.7. The lowest BCUT2D eigenvalue weighted by molar-refractivity contribution is -0.116. The predicted molar refractivity (Wildman–Crippen MR) is 97.2 cm³/mol. The average molecular weight is 362 g/mol. The summed E-state index contributed by atoms with van der Waals surface area (Å²) in [7, 11) is -2.23. The van der Waals surface area contributed by atoms with E-state index in [1.54, 1.807) is 14.0 Å². The van der Waals surface area contributed by atoms with Gasteiger partial charge in [0, 0.05) is 12.1 Å². The van der Waals surface area contributed by atoms with E-state index in [4.69, 9.17) is 9.88 Å². The Balaban J connectivity index is 2.08. The minimum Gasteiger partial charge on any atom is -0.497 e. The summed E-state index contributed by atoms with van der Waals surface area (Å²) in [5.74, 6) is 0.573. The molecule has 0 atom stereocenters. The van der Waals surface area contributed by atoms with Crippen molar-refractivity contribution in [2.75, 3.05) is 12.4 Å². The molecule has 25 heavy (non-hydrogen) atoms. The molecule has 0 saturated carbocycles. The molecule has 3 N–H and O–H groups in total. The summed E-state index contributed by atoms with van der Waals surface area (Å²) in [6.07, 6.45) is 0.854. The normalized spacial score (nSPS) is 11.2. The third kappa shape index (κ3) is 5.04. The Labute approximate surface area is 148 Å². The number of rotatable bonds is 6. The number of anilines is 1. The molecule has 0 saturated heterocycles. The second-order valence-corrected chi connectivity index (χ2v) is 7.42. The van der Waals surface area contributed by atoms with Crippen molar-refractivity contribution in [3.63, 3.8) is 0 Å². The van der Waals surface area contributed by atoms with Crippen LogP contribution in [0.25, 0.3) is 0 Å². The standard InChI is InChI=1S/C18H22N2O4S/c1-12-10-16(25(19,22)23)11-17(13(12)2)20-18(21)9-6-14-4-7-15(24-3)8-5-14/h4-5,7-8,10-11H,6,9H2,1-3H3,(H,20,21)(H2,19,22,23). The summed E-state index contributed by atoms with van der Waals surface area (Å²) in [5, 5.41) is 7.96. The van der Waals surface area contributed by atoms with Crippen molar-refractivity contribution in [2.24, 2.45) is 5.14 Å². The minimum absolute atomic E-state index is 0.0129. The number of carbonyl (C=O) groups is 1. The molecule has 0 radical (unpaired) electrons. The molecule has 0 aliphatic carbocycles. The number of ether oxygens (including phenoxy) is 1. The number of aryl methyl sites for hydroxylation is 2. The van der Waals surface area contributed by atoms with E-state index in [2.05, 4.69) is 5.32 Å². The van der Waals surface area contributed by atoms with E-state index in [1.165, 1.54) is 12.1 Å². The Kier molecular flexibility index (Phi) is 5.81. The van der Waals surface area contributed by atoms with Gasteiger partial charge in [0.2, 0.25) is 15.9 Å². The highest BCUT2D eigenvalue weighted by Crippen LogP contribution is 2.24. The van der Waals surface area contributed by atoms with Crippen LogP contribution in [0.2, 0.25) is 0 Å². The Morgan fingerprint density at radius 3 is 2.36 bits per heavy atom. The first kappa shape index (κ1) is 19.0. The lowest BCUT2D eigenvalue weighted by atomic mass is 10.1. The molecule has 0 bridgehead atoms. The Bertz CT molecular complexity index is 875. The van der Waals surface area contributed by atoms with Crippen LogP contribution in [0.1, 0.15) is 23.1 Å². The summed E-state index contributed by atoms with van der Waals surface area (Å²) >= 11 is 0. The fourth-order valence-corrected chi connectivity index (χ4v) is 3.01. The van der Waals surface area contributed by atoms with Gasteiger partial charge in [-0.1, -0.05) is 12.1 Å². The zero-order valence-corrected chi connectivity index (χ0v) is 15.3. The minimum atomic E-state index is -3.83. The molecule has 0 aliphatic rings. The third-order valence-corrected chi connectivity index (χ3v) is 4.94. The van der Waals surface area contributed by atoms with E-state index in [0.29, 0.717) is 12.1 Å². The molecular weight excluding hydrogens is 340 g/mol. The summed E-state index contributed by atoms with van der Waals surface area (Å²) in [6, 6.07) is 10.4. The lowest BCUT2D eigenvalue weighted by Gasteiger charge is -2.13. The van der Waals surface area contributed by atoms with Crippen molar-refractivity contribution in [3.05, 3.63) is 53.1 Å². The van der Waals surface area contributed by atoms with Crippen molar-refractivity contribution in [1.82, 2.24) is 0 Å². The van der Waals surface area contributed by atoms with Crippen LogP contribution in [0.15, 0.2) is 41.3 Å². The topological polar surface area (TPSA) is 98.5 Å². The van der Waals surface area contributed by atoms with E-state index in [0.717, 1.165) is 22.4 Å². The largest absolute Gasteiger partial charge is 0.497 e. The molecular formula is C18H22N2O4S. The van der Waals surface area contributed by atoms with Gasteiger partial charge in [-0.15, -0.1) is 0 Å². The van der Waals surface area contributed by atoms with Crippen molar-refractivity contribution in [2.45, 2.75) is 31.6 Å². The number of nitrogens with one attached hydrogen (secondary N) is 1. The number of carbonyl (C=O) groups excluding carboxylic acids is 1. The highest BCUT2D eigenvalue weighted by Gasteiger charge is 2.14. The third-order valence-electron chi connectivity index (χ3n) is 4.04. The number of methoxy groups -OCH3 is 1. The van der Waals surface area contributed by atoms with Crippen LogP contribution in [0.4, 0.5) is 5.69 Å². The summed E-state index contributed by atoms with van der Waals surface area (Å²) in [6.45, 7) is 3.60. The van der Waals surface area contributed by atoms with E-state index in [-0.39, 0.29) is 17.2 Å². The molecule has 0 unspecified atom stereocenters. The fourth-order valence-electron chi connectivity index (χ4n) is 2.38. The maximum atomic E-state index is 12.2. The second kappa shape index (κ2) is 7.67. The Morgan fingerprint density at radius 2 is 1.80 bits per heavy atom. The van der Waals surface area contributed by atoms with Gasteiger partial charge >= 0.3 is 0 Å². The highest BCUT2D eigenvalue weighted by atomic mass is 32.2. The molecule has 134 valence electrons. The molecule has 2 aromatic rings. The van der Waals surface area contributed by atoms with Crippen LogP contribution in [0.3, 0.4) is 0 Å². The molecule has 7 heteroatoms. The fraction of sp³-hybridized carbons (Fsp3) is 0.278. The monoisotopic (exact) mass is 362 g/mol. The number of sulfonamides is 1. The smallest absolute Gasteiger partial charge is 0.238 e. The second-order valence-electron chi connectivity index (χ2n) is 5.85. The van der Waals surface area contributed by atoms with Gasteiger partial charge in [0.15, 0.2) is 0 Å². The van der Waals surface area contributed by atoms with Crippen molar-refractivity contribution in [3.8, 4) is 5.75 Å². The van der Waals surface area contributed by atoms with Gasteiger partial charge in [-0.2, -0.15) is 0 Å². The zero-order valence-electron chi connectivity index (χ0n) is 14.5. The SMILES string of the molecule is COc1ccc(CCC(=O)Nc2cc(S(N)(=O)=O)cc(C)c2C)cc1. The van der Waals surface area contributed by atoms with Crippen LogP contribution in [-0.2, 0) is 21.2 Å². The summed E-state index contributed by atoms with van der Waals surface area (Å²) < 4.78 is 28.2. The number of amides is 1. The molecule has 2 aromatic carbocycles. The maximum Gasteiger partial charge on any atom is 0.238 e. The van der Waals surface area contributed by atoms with Crippen LogP contribution in [0, 0.1) is 13.8 Å². The van der Waals surface area contributed by atoms with Gasteiger partial charge in [-0.05, 0) is 61.2 Å². The number of primary sulfonamides is 1. The Hall–Kier alpha value is -2.38. The van der Waals surface area contributed by atoms with Crippen molar-refractivity contribution in [1.29, 1.82) is 0 Å². The summed E-state index contributed by atoms with van der Waals surface area (Å²) in [4.78, 5) is 12.2. The average Bonchev–Trinajstić information content (AvgIpc) is 2.56. The van der Waals surface area contributed by atoms with E-state index < -0.39 is 10.0 Å². The van der Waals surface area contributed by atoms with Crippen LogP contribution >= 0.6 is 0 Å². The molecule has 0 spiro atoms. The van der Waals surface area contributed by atoms with E-state index in [1.807, 2.05) is 31.2 Å². The molecule has 1 amide bonds. The lowest BCUT2D eigenvalue weighted by Crippen LogP contribution is -2.16. The van der Waals surface area contributed by atoms with Crippen molar-refractivity contribution < 1.29 is 17.9 Å². The van der Waals surface area contributed by atoms with Gasteiger partial charge in [0.1, 0.15) is 5.75 Å². The predicted octanol–water partition coefficient (Wildman–Crippen LogP) is 2.53. The Morgan fingerprint density at radius 1 is 1.16 bits per heavy atom. The molecule has 0 aromatic heterocycles. The van der Waals surface area contributed by atoms with Gasteiger partial charge in [-0.3, -0.25) is 4.79 Å². The first-order valence-corrected chi connectivity index (χ1v) is 9.32. The van der Waals surface area contributed by atoms with Gasteiger partial charge in [0.05, 0.1) is 12.0 Å². The van der Waals surface area contributed by atoms with Crippen LogP contribution < -0.4 is 15.2 Å². The van der Waals surface area contributed by atoms with Gasteiger partial charge < -0.3 is 10.1 Å². The molecule has 2 rings (SSSR count). The van der Waals surface area contributed by atoms with E-state index in [9.17, 15) is 13.2 Å².